The van der Waals surface area contributed by atoms with Crippen LogP contribution in [0.4, 0.5) is 11.5 Å². The summed E-state index contributed by atoms with van der Waals surface area (Å²) >= 11 is -2.82. The van der Waals surface area contributed by atoms with Crippen molar-refractivity contribution in [3.63, 3.8) is 0 Å². The molecule has 1 atom stereocenters. The Hall–Kier alpha value is -4.06. The monoisotopic (exact) mass is 549 g/mol. The van der Waals surface area contributed by atoms with Gasteiger partial charge in [-0.05, 0) is 47.4 Å². The van der Waals surface area contributed by atoms with E-state index in [1.165, 1.54) is 7.11 Å². The van der Waals surface area contributed by atoms with Crippen LogP contribution in [0.1, 0.15) is 26.3 Å². The van der Waals surface area contributed by atoms with Gasteiger partial charge in [0.1, 0.15) is 6.61 Å². The van der Waals surface area contributed by atoms with Crippen LogP contribution < -0.4 is 18.5 Å². The molecule has 4 rings (SSSR count). The number of para-hydroxylation sites is 2. The highest BCUT2D eigenvalue weighted by Gasteiger charge is 2.27. The first-order chi connectivity index (χ1) is 18.7. The Balaban J connectivity index is 1.97. The van der Waals surface area contributed by atoms with Crippen LogP contribution >= 0.6 is 0 Å². The molecule has 11 heteroatoms. The third-order valence-corrected chi connectivity index (χ3v) is 6.36. The zero-order chi connectivity index (χ0) is 28.0. The first-order valence-electron chi connectivity index (χ1n) is 12.1. The zero-order valence-electron chi connectivity index (χ0n) is 22.0. The molecule has 0 bridgehead atoms. The van der Waals surface area contributed by atoms with Crippen molar-refractivity contribution in [3.8, 4) is 34.5 Å². The van der Waals surface area contributed by atoms with Crippen molar-refractivity contribution >= 4 is 22.8 Å². The van der Waals surface area contributed by atoms with Gasteiger partial charge in [-0.3, -0.25) is 13.5 Å². The third kappa shape index (κ3) is 6.51. The number of methoxy groups -OCH3 is 1. The molecule has 0 radical (unpaired) electrons. The van der Waals surface area contributed by atoms with E-state index in [1.807, 2.05) is 12.1 Å². The van der Waals surface area contributed by atoms with Gasteiger partial charge in [-0.15, -0.1) is 0 Å². The molecule has 0 saturated carbocycles. The molecule has 0 fully saturated rings. The Morgan fingerprint density at radius 2 is 1.64 bits per heavy atom. The summed E-state index contributed by atoms with van der Waals surface area (Å²) in [6.45, 7) is 5.79. The highest BCUT2D eigenvalue weighted by atomic mass is 32.2. The fourth-order valence-corrected chi connectivity index (χ4v) is 4.26. The van der Waals surface area contributed by atoms with E-state index < -0.39 is 11.3 Å². The second-order valence-corrected chi connectivity index (χ2v) is 10.2. The number of hydrogen-bond acceptors (Lipinski definition) is 9. The molecule has 0 saturated heterocycles. The Bertz CT molecular complexity index is 1430. The molecular weight excluding hydrogens is 520 g/mol. The Kier molecular flexibility index (Phi) is 8.75. The zero-order valence-corrected chi connectivity index (χ0v) is 22.8. The van der Waals surface area contributed by atoms with Gasteiger partial charge in [0.2, 0.25) is 5.75 Å². The van der Waals surface area contributed by atoms with E-state index in [9.17, 15) is 13.9 Å². The van der Waals surface area contributed by atoms with Gasteiger partial charge in [0.15, 0.2) is 23.1 Å². The molecular formula is C28H29N4O6S-. The number of aliphatic hydroxyl groups is 1. The number of nitrogens with zero attached hydrogens (tertiary/aromatic N) is 4. The molecule has 2 heterocycles. The van der Waals surface area contributed by atoms with Crippen LogP contribution in [0.2, 0.25) is 0 Å². The standard InChI is InChI=1S/C28H30N4O6S/c1-28(2,3)20-9-11-21(12-10-20)32(39(34)35)26-24(38-23-8-6-5-7-22(23)36-4)27(37-18-17-33)31-25(30-26)19-13-15-29-16-14-19/h5-16,33H,17-18H2,1-4H3,(H,34,35)/p-1. The van der Waals surface area contributed by atoms with Crippen LogP contribution in [-0.4, -0.2) is 49.1 Å². The van der Waals surface area contributed by atoms with Gasteiger partial charge >= 0.3 is 0 Å². The van der Waals surface area contributed by atoms with E-state index >= 15 is 0 Å². The molecule has 10 nitrogen and oxygen atoms in total. The van der Waals surface area contributed by atoms with Crippen molar-refractivity contribution < 1.29 is 28.1 Å². The Morgan fingerprint density at radius 1 is 0.974 bits per heavy atom. The molecule has 204 valence electrons. The number of benzene rings is 2. The van der Waals surface area contributed by atoms with Gasteiger partial charge in [-0.25, -0.2) is 4.98 Å². The van der Waals surface area contributed by atoms with E-state index in [1.54, 1.807) is 60.9 Å². The maximum Gasteiger partial charge on any atom is 0.263 e. The van der Waals surface area contributed by atoms with Crippen molar-refractivity contribution in [2.45, 2.75) is 26.2 Å². The first-order valence-corrected chi connectivity index (χ1v) is 13.1. The van der Waals surface area contributed by atoms with Crippen LogP contribution in [0.25, 0.3) is 11.4 Å². The average molecular weight is 550 g/mol. The summed E-state index contributed by atoms with van der Waals surface area (Å²) in [5, 5.41) is 9.47. The minimum atomic E-state index is -2.82. The quantitative estimate of drug-likeness (QED) is 0.273. The normalized spacial score (nSPS) is 12.1. The van der Waals surface area contributed by atoms with Crippen LogP contribution in [0, 0.1) is 0 Å². The molecule has 39 heavy (non-hydrogen) atoms. The lowest BCUT2D eigenvalue weighted by Crippen LogP contribution is -2.23. The van der Waals surface area contributed by atoms with Gasteiger partial charge in [0, 0.05) is 18.0 Å². The summed E-state index contributed by atoms with van der Waals surface area (Å²) in [4.78, 5) is 13.2. The fraction of sp³-hybridized carbons (Fsp3) is 0.250. The molecule has 2 aromatic heterocycles. The Morgan fingerprint density at radius 3 is 2.23 bits per heavy atom. The van der Waals surface area contributed by atoms with Crippen molar-refractivity contribution in [2.24, 2.45) is 0 Å². The smallest absolute Gasteiger partial charge is 0.263 e. The van der Waals surface area contributed by atoms with Gasteiger partial charge in [-0.2, -0.15) is 4.98 Å². The highest BCUT2D eigenvalue weighted by molar-refractivity contribution is 7.81. The average Bonchev–Trinajstić information content (AvgIpc) is 2.93. The Labute approximate surface area is 229 Å². The van der Waals surface area contributed by atoms with E-state index in [0.29, 0.717) is 17.0 Å². The van der Waals surface area contributed by atoms with Crippen LogP contribution in [0.5, 0.6) is 23.1 Å². The molecule has 0 spiro atoms. The number of anilines is 2. The van der Waals surface area contributed by atoms with E-state index in [-0.39, 0.29) is 47.7 Å². The van der Waals surface area contributed by atoms with E-state index in [2.05, 4.69) is 35.7 Å². The number of hydrogen-bond donors (Lipinski definition) is 1. The summed E-state index contributed by atoms with van der Waals surface area (Å²) < 4.78 is 43.9. The van der Waals surface area contributed by atoms with Gasteiger partial charge in [0.05, 0.1) is 30.7 Å². The maximum absolute atomic E-state index is 12.8. The summed E-state index contributed by atoms with van der Waals surface area (Å²) in [7, 11) is 1.49. The van der Waals surface area contributed by atoms with Crippen molar-refractivity contribution in [2.75, 3.05) is 24.6 Å². The number of aliphatic hydroxyl groups excluding tert-OH is 1. The van der Waals surface area contributed by atoms with Crippen LogP contribution in [0.15, 0.2) is 73.1 Å². The van der Waals surface area contributed by atoms with Gasteiger partial charge in [-0.1, -0.05) is 45.0 Å². The molecule has 0 aliphatic rings. The lowest BCUT2D eigenvalue weighted by Gasteiger charge is -2.29. The second kappa shape index (κ2) is 12.2. The number of aromatic nitrogens is 3. The molecule has 4 aromatic rings. The van der Waals surface area contributed by atoms with Crippen molar-refractivity contribution in [1.29, 1.82) is 0 Å². The largest absolute Gasteiger partial charge is 0.755 e. The number of pyridine rings is 1. The van der Waals surface area contributed by atoms with E-state index in [0.717, 1.165) is 9.87 Å². The minimum absolute atomic E-state index is 0.0615. The van der Waals surface area contributed by atoms with Crippen LogP contribution in [0.3, 0.4) is 0 Å². The predicted molar refractivity (Wildman–Crippen MR) is 147 cm³/mol. The third-order valence-electron chi connectivity index (χ3n) is 5.68. The lowest BCUT2D eigenvalue weighted by molar-refractivity contribution is 0.192. The summed E-state index contributed by atoms with van der Waals surface area (Å²) in [6, 6.07) is 17.4. The van der Waals surface area contributed by atoms with E-state index in [4.69, 9.17) is 14.2 Å². The summed E-state index contributed by atoms with van der Waals surface area (Å²) in [6.07, 6.45) is 3.14. The molecule has 0 aliphatic heterocycles. The predicted octanol–water partition coefficient (Wildman–Crippen LogP) is 4.94. The fourth-order valence-electron chi connectivity index (χ4n) is 3.70. The van der Waals surface area contributed by atoms with Crippen molar-refractivity contribution in [1.82, 2.24) is 15.0 Å². The maximum atomic E-state index is 12.8. The minimum Gasteiger partial charge on any atom is -0.755 e. The molecule has 2 aromatic carbocycles. The molecule has 1 N–H and O–H groups in total. The summed E-state index contributed by atoms with van der Waals surface area (Å²) in [5.41, 5.74) is 1.80. The molecule has 0 aliphatic carbocycles. The SMILES string of the molecule is COc1ccccc1Oc1c(OCCO)nc(-c2ccncc2)nc1N(c1ccc(C(C)(C)C)cc1)S(=O)[O-]. The topological polar surface area (TPSA) is 130 Å². The first kappa shape index (κ1) is 28.0. The highest BCUT2D eigenvalue weighted by Crippen LogP contribution is 2.44. The molecule has 0 amide bonds. The number of ether oxygens (including phenoxy) is 3. The molecule has 1 unspecified atom stereocenters. The van der Waals surface area contributed by atoms with Gasteiger partial charge < -0.3 is 23.9 Å². The van der Waals surface area contributed by atoms with Gasteiger partial charge in [0.25, 0.3) is 5.88 Å². The number of rotatable bonds is 10. The van der Waals surface area contributed by atoms with Crippen molar-refractivity contribution in [3.05, 3.63) is 78.6 Å². The second-order valence-electron chi connectivity index (χ2n) is 9.37. The summed E-state index contributed by atoms with van der Waals surface area (Å²) in [5.74, 6) is 0.638. The van der Waals surface area contributed by atoms with Crippen LogP contribution in [-0.2, 0) is 16.7 Å². The lowest BCUT2D eigenvalue weighted by atomic mass is 9.87.